The van der Waals surface area contributed by atoms with Crippen LogP contribution in [0.4, 0.5) is 0 Å². The molecule has 0 aromatic rings. The molecular formula is C14H30N2. The zero-order valence-corrected chi connectivity index (χ0v) is 11.8. The number of hydrogen-bond donors (Lipinski definition) is 1. The van der Waals surface area contributed by atoms with E-state index in [2.05, 4.69) is 45.1 Å². The fourth-order valence-electron chi connectivity index (χ4n) is 3.00. The van der Waals surface area contributed by atoms with E-state index in [0.29, 0.717) is 5.41 Å². The Morgan fingerprint density at radius 1 is 1.31 bits per heavy atom. The van der Waals surface area contributed by atoms with Gasteiger partial charge in [-0.25, -0.2) is 0 Å². The first-order valence-corrected chi connectivity index (χ1v) is 6.83. The molecule has 0 saturated heterocycles. The number of hydrogen-bond acceptors (Lipinski definition) is 2. The predicted octanol–water partition coefficient (Wildman–Crippen LogP) is 2.74. The third-order valence-corrected chi connectivity index (χ3v) is 3.77. The average Bonchev–Trinajstić information content (AvgIpc) is 2.14. The molecule has 0 aromatic carbocycles. The van der Waals surface area contributed by atoms with Crippen molar-refractivity contribution in [3.05, 3.63) is 0 Å². The molecule has 2 nitrogen and oxygen atoms in total. The van der Waals surface area contributed by atoms with Gasteiger partial charge in [-0.15, -0.1) is 0 Å². The highest BCUT2D eigenvalue weighted by molar-refractivity contribution is 4.89. The SMILES string of the molecule is CCCNC1CCC(C)(C)CC1CN(C)C. The molecule has 16 heavy (non-hydrogen) atoms. The minimum absolute atomic E-state index is 0.547. The fraction of sp³-hybridized carbons (Fsp3) is 1.00. The highest BCUT2D eigenvalue weighted by atomic mass is 15.1. The lowest BCUT2D eigenvalue weighted by molar-refractivity contribution is 0.116. The van der Waals surface area contributed by atoms with Gasteiger partial charge in [0.05, 0.1) is 0 Å². The van der Waals surface area contributed by atoms with Crippen LogP contribution in [0, 0.1) is 11.3 Å². The molecule has 1 N–H and O–H groups in total. The number of nitrogens with one attached hydrogen (secondary N) is 1. The Morgan fingerprint density at radius 3 is 2.56 bits per heavy atom. The molecule has 1 aliphatic carbocycles. The second-order valence-corrected chi connectivity index (χ2v) is 6.49. The summed E-state index contributed by atoms with van der Waals surface area (Å²) < 4.78 is 0. The van der Waals surface area contributed by atoms with E-state index < -0.39 is 0 Å². The largest absolute Gasteiger partial charge is 0.314 e. The smallest absolute Gasteiger partial charge is 0.0108 e. The molecule has 96 valence electrons. The van der Waals surface area contributed by atoms with Crippen molar-refractivity contribution in [1.82, 2.24) is 10.2 Å². The maximum atomic E-state index is 3.74. The van der Waals surface area contributed by atoms with Crippen LogP contribution in [0.25, 0.3) is 0 Å². The Labute approximate surface area is 102 Å². The lowest BCUT2D eigenvalue weighted by Crippen LogP contribution is -2.46. The summed E-state index contributed by atoms with van der Waals surface area (Å²) in [6.07, 6.45) is 5.34. The van der Waals surface area contributed by atoms with Crippen LogP contribution in [0.3, 0.4) is 0 Å². The van der Waals surface area contributed by atoms with E-state index in [4.69, 9.17) is 0 Å². The first-order valence-electron chi connectivity index (χ1n) is 6.83. The van der Waals surface area contributed by atoms with Crippen LogP contribution in [0.5, 0.6) is 0 Å². The zero-order valence-electron chi connectivity index (χ0n) is 11.8. The van der Waals surface area contributed by atoms with E-state index in [1.807, 2.05) is 0 Å². The monoisotopic (exact) mass is 226 g/mol. The molecule has 2 atom stereocenters. The van der Waals surface area contributed by atoms with Gasteiger partial charge in [-0.1, -0.05) is 20.8 Å². The Kier molecular flexibility index (Phi) is 5.26. The van der Waals surface area contributed by atoms with Crippen molar-refractivity contribution in [2.75, 3.05) is 27.2 Å². The van der Waals surface area contributed by atoms with Crippen molar-refractivity contribution in [3.63, 3.8) is 0 Å². The highest BCUT2D eigenvalue weighted by Gasteiger charge is 2.34. The molecule has 1 fully saturated rings. The summed E-state index contributed by atoms with van der Waals surface area (Å²) in [6.45, 7) is 9.50. The second-order valence-electron chi connectivity index (χ2n) is 6.49. The molecule has 0 amide bonds. The van der Waals surface area contributed by atoms with Crippen LogP contribution in [-0.2, 0) is 0 Å². The van der Waals surface area contributed by atoms with Crippen molar-refractivity contribution >= 4 is 0 Å². The number of rotatable bonds is 5. The molecular weight excluding hydrogens is 196 g/mol. The van der Waals surface area contributed by atoms with E-state index in [0.717, 1.165) is 12.0 Å². The van der Waals surface area contributed by atoms with Crippen LogP contribution in [0.15, 0.2) is 0 Å². The lowest BCUT2D eigenvalue weighted by Gasteiger charge is -2.42. The van der Waals surface area contributed by atoms with Crippen LogP contribution in [-0.4, -0.2) is 38.1 Å². The molecule has 1 rings (SSSR count). The topological polar surface area (TPSA) is 15.3 Å². The van der Waals surface area contributed by atoms with Crippen molar-refractivity contribution < 1.29 is 0 Å². The summed E-state index contributed by atoms with van der Waals surface area (Å²) in [5.74, 6) is 0.824. The summed E-state index contributed by atoms with van der Waals surface area (Å²) >= 11 is 0. The molecule has 0 aromatic heterocycles. The quantitative estimate of drug-likeness (QED) is 0.775. The Morgan fingerprint density at radius 2 is 2.00 bits per heavy atom. The molecule has 0 heterocycles. The zero-order chi connectivity index (χ0) is 12.2. The predicted molar refractivity (Wildman–Crippen MR) is 71.8 cm³/mol. The van der Waals surface area contributed by atoms with E-state index in [1.54, 1.807) is 0 Å². The standard InChI is InChI=1S/C14H30N2/c1-6-9-15-13-7-8-14(2,3)10-12(13)11-16(4)5/h12-13,15H,6-11H2,1-5H3. The fourth-order valence-corrected chi connectivity index (χ4v) is 3.00. The highest BCUT2D eigenvalue weighted by Crippen LogP contribution is 2.38. The van der Waals surface area contributed by atoms with Crippen LogP contribution in [0.1, 0.15) is 46.5 Å². The van der Waals surface area contributed by atoms with Crippen LogP contribution in [0.2, 0.25) is 0 Å². The second kappa shape index (κ2) is 6.02. The third-order valence-electron chi connectivity index (χ3n) is 3.77. The van der Waals surface area contributed by atoms with Gasteiger partial charge >= 0.3 is 0 Å². The Hall–Kier alpha value is -0.0800. The van der Waals surface area contributed by atoms with E-state index in [1.165, 1.54) is 38.8 Å². The lowest BCUT2D eigenvalue weighted by atomic mass is 9.69. The molecule has 2 unspecified atom stereocenters. The minimum atomic E-state index is 0.547. The van der Waals surface area contributed by atoms with Gasteiger partial charge < -0.3 is 10.2 Å². The molecule has 2 heteroatoms. The van der Waals surface area contributed by atoms with E-state index in [-0.39, 0.29) is 0 Å². The summed E-state index contributed by atoms with van der Waals surface area (Å²) in [6, 6.07) is 0.746. The Balaban J connectivity index is 2.53. The maximum absolute atomic E-state index is 3.74. The van der Waals surface area contributed by atoms with Gasteiger partial charge in [0.25, 0.3) is 0 Å². The molecule has 0 bridgehead atoms. The molecule has 1 saturated carbocycles. The van der Waals surface area contributed by atoms with Gasteiger partial charge in [0.2, 0.25) is 0 Å². The molecule has 1 aliphatic rings. The minimum Gasteiger partial charge on any atom is -0.314 e. The van der Waals surface area contributed by atoms with Gasteiger partial charge in [-0.05, 0) is 57.7 Å². The summed E-state index contributed by atoms with van der Waals surface area (Å²) in [4.78, 5) is 2.34. The van der Waals surface area contributed by atoms with Gasteiger partial charge in [0, 0.05) is 12.6 Å². The first kappa shape index (κ1) is 14.0. The van der Waals surface area contributed by atoms with Gasteiger partial charge in [0.1, 0.15) is 0 Å². The van der Waals surface area contributed by atoms with Crippen LogP contribution >= 0.6 is 0 Å². The maximum Gasteiger partial charge on any atom is 0.0108 e. The molecule has 0 spiro atoms. The van der Waals surface area contributed by atoms with Crippen molar-refractivity contribution in [2.24, 2.45) is 11.3 Å². The summed E-state index contributed by atoms with van der Waals surface area (Å²) in [5.41, 5.74) is 0.547. The molecule has 0 radical (unpaired) electrons. The van der Waals surface area contributed by atoms with Crippen molar-refractivity contribution in [1.29, 1.82) is 0 Å². The van der Waals surface area contributed by atoms with Gasteiger partial charge in [0.15, 0.2) is 0 Å². The van der Waals surface area contributed by atoms with E-state index >= 15 is 0 Å². The summed E-state index contributed by atoms with van der Waals surface area (Å²) in [5, 5.41) is 3.74. The van der Waals surface area contributed by atoms with Crippen molar-refractivity contribution in [3.8, 4) is 0 Å². The van der Waals surface area contributed by atoms with E-state index in [9.17, 15) is 0 Å². The van der Waals surface area contributed by atoms with Gasteiger partial charge in [-0.3, -0.25) is 0 Å². The van der Waals surface area contributed by atoms with Crippen molar-refractivity contribution in [2.45, 2.75) is 52.5 Å². The number of nitrogens with zero attached hydrogens (tertiary/aromatic N) is 1. The third kappa shape index (κ3) is 4.42. The normalized spacial score (nSPS) is 29.6. The summed E-state index contributed by atoms with van der Waals surface area (Å²) in [7, 11) is 4.39. The molecule has 0 aliphatic heterocycles. The Bertz CT molecular complexity index is 199. The first-order chi connectivity index (χ1) is 7.44. The average molecular weight is 226 g/mol. The van der Waals surface area contributed by atoms with Crippen LogP contribution < -0.4 is 5.32 Å². The van der Waals surface area contributed by atoms with Gasteiger partial charge in [-0.2, -0.15) is 0 Å².